The molecule has 2 aromatic rings. The van der Waals surface area contributed by atoms with E-state index < -0.39 is 6.61 Å². The molecule has 0 radical (unpaired) electrons. The fourth-order valence-electron chi connectivity index (χ4n) is 2.42. The van der Waals surface area contributed by atoms with Crippen molar-refractivity contribution < 1.29 is 13.5 Å². The molecule has 0 heterocycles. The third kappa shape index (κ3) is 4.81. The van der Waals surface area contributed by atoms with Crippen LogP contribution in [0.1, 0.15) is 31.0 Å². The van der Waals surface area contributed by atoms with Gasteiger partial charge in [-0.25, -0.2) is 0 Å². The third-order valence-corrected chi connectivity index (χ3v) is 3.50. The Morgan fingerprint density at radius 3 is 2.14 bits per heavy atom. The first-order valence-corrected chi connectivity index (χ1v) is 7.38. The Balaban J connectivity index is 1.98. The number of hydrogen-bond donors (Lipinski definition) is 1. The van der Waals surface area contributed by atoms with E-state index in [1.54, 1.807) is 24.3 Å². The molecule has 0 aliphatic carbocycles. The van der Waals surface area contributed by atoms with E-state index in [0.717, 1.165) is 5.56 Å². The van der Waals surface area contributed by atoms with Crippen LogP contribution in [0.25, 0.3) is 0 Å². The van der Waals surface area contributed by atoms with Gasteiger partial charge in [0.1, 0.15) is 5.75 Å². The van der Waals surface area contributed by atoms with Gasteiger partial charge in [0, 0.05) is 12.6 Å². The number of rotatable bonds is 7. The third-order valence-electron chi connectivity index (χ3n) is 3.50. The van der Waals surface area contributed by atoms with E-state index in [9.17, 15) is 8.78 Å². The molecule has 22 heavy (non-hydrogen) atoms. The second-order valence-corrected chi connectivity index (χ2v) is 5.54. The molecule has 0 amide bonds. The summed E-state index contributed by atoms with van der Waals surface area (Å²) in [5.41, 5.74) is 2.28. The summed E-state index contributed by atoms with van der Waals surface area (Å²) < 4.78 is 28.6. The van der Waals surface area contributed by atoms with Gasteiger partial charge in [0.15, 0.2) is 0 Å². The van der Waals surface area contributed by atoms with Crippen LogP contribution in [0, 0.1) is 5.92 Å². The number of nitrogens with one attached hydrogen (secondary N) is 1. The lowest BCUT2D eigenvalue weighted by Gasteiger charge is -2.23. The quantitative estimate of drug-likeness (QED) is 0.795. The molecule has 0 aliphatic heterocycles. The molecule has 1 unspecified atom stereocenters. The molecule has 118 valence electrons. The molecule has 1 N–H and O–H groups in total. The van der Waals surface area contributed by atoms with Gasteiger partial charge in [0.25, 0.3) is 0 Å². The van der Waals surface area contributed by atoms with Crippen LogP contribution in [0.15, 0.2) is 54.6 Å². The van der Waals surface area contributed by atoms with E-state index in [2.05, 4.69) is 36.0 Å². The highest BCUT2D eigenvalue weighted by atomic mass is 19.3. The Labute approximate surface area is 130 Å². The van der Waals surface area contributed by atoms with Crippen LogP contribution in [0.5, 0.6) is 5.75 Å². The monoisotopic (exact) mass is 305 g/mol. The lowest BCUT2D eigenvalue weighted by atomic mass is 9.96. The maximum Gasteiger partial charge on any atom is 0.387 e. The van der Waals surface area contributed by atoms with Crippen LogP contribution in [0.4, 0.5) is 8.78 Å². The van der Waals surface area contributed by atoms with Crippen molar-refractivity contribution in [1.82, 2.24) is 5.32 Å². The fraction of sp³-hybridized carbons (Fsp3) is 0.333. The molecule has 0 saturated heterocycles. The van der Waals surface area contributed by atoms with E-state index >= 15 is 0 Å². The summed E-state index contributed by atoms with van der Waals surface area (Å²) in [6.45, 7) is 2.23. The number of alkyl halides is 2. The standard InChI is InChI=1S/C18H21F2NO/c1-13(2)17(15-6-4-3-5-7-15)21-12-14-8-10-16(11-9-14)22-18(19)20/h3-11,13,17-18,21H,12H2,1-2H3. The molecular weight excluding hydrogens is 284 g/mol. The van der Waals surface area contributed by atoms with Crippen molar-refractivity contribution in [3.05, 3.63) is 65.7 Å². The van der Waals surface area contributed by atoms with E-state index in [4.69, 9.17) is 0 Å². The Morgan fingerprint density at radius 1 is 0.955 bits per heavy atom. The van der Waals surface area contributed by atoms with Crippen LogP contribution in [-0.4, -0.2) is 6.61 Å². The first-order chi connectivity index (χ1) is 10.6. The molecule has 2 aromatic carbocycles. The van der Waals surface area contributed by atoms with E-state index in [1.165, 1.54) is 5.56 Å². The molecule has 0 bridgehead atoms. The Kier molecular flexibility index (Phi) is 5.90. The van der Waals surface area contributed by atoms with Gasteiger partial charge in [-0.1, -0.05) is 56.3 Å². The van der Waals surface area contributed by atoms with Crippen molar-refractivity contribution in [1.29, 1.82) is 0 Å². The molecule has 0 fully saturated rings. The van der Waals surface area contributed by atoms with Gasteiger partial charge in [-0.3, -0.25) is 0 Å². The minimum absolute atomic E-state index is 0.183. The summed E-state index contributed by atoms with van der Waals surface area (Å²) in [7, 11) is 0. The molecule has 1 atom stereocenters. The van der Waals surface area contributed by atoms with Crippen LogP contribution in [0.3, 0.4) is 0 Å². The summed E-state index contributed by atoms with van der Waals surface area (Å²) in [5.74, 6) is 0.631. The zero-order valence-electron chi connectivity index (χ0n) is 12.8. The zero-order valence-corrected chi connectivity index (χ0v) is 12.8. The predicted molar refractivity (Wildman–Crippen MR) is 83.9 cm³/mol. The molecule has 0 aliphatic rings. The number of hydrogen-bond acceptors (Lipinski definition) is 2. The molecular formula is C18H21F2NO. The molecule has 0 spiro atoms. The van der Waals surface area contributed by atoms with Crippen molar-refractivity contribution in [3.63, 3.8) is 0 Å². The molecule has 0 aromatic heterocycles. The van der Waals surface area contributed by atoms with Crippen LogP contribution in [0.2, 0.25) is 0 Å². The second kappa shape index (κ2) is 7.90. The van der Waals surface area contributed by atoms with E-state index in [1.807, 2.05) is 18.2 Å². The maximum absolute atomic E-state index is 12.1. The van der Waals surface area contributed by atoms with Gasteiger partial charge >= 0.3 is 6.61 Å². The van der Waals surface area contributed by atoms with Crippen LogP contribution < -0.4 is 10.1 Å². The van der Waals surface area contributed by atoms with Crippen LogP contribution in [-0.2, 0) is 6.54 Å². The summed E-state index contributed by atoms with van der Waals surface area (Å²) in [4.78, 5) is 0. The summed E-state index contributed by atoms with van der Waals surface area (Å²) >= 11 is 0. The molecule has 2 nitrogen and oxygen atoms in total. The second-order valence-electron chi connectivity index (χ2n) is 5.54. The van der Waals surface area contributed by atoms with E-state index in [-0.39, 0.29) is 11.8 Å². The van der Waals surface area contributed by atoms with Crippen LogP contribution >= 0.6 is 0 Å². The van der Waals surface area contributed by atoms with Gasteiger partial charge in [0.2, 0.25) is 0 Å². The highest BCUT2D eigenvalue weighted by Gasteiger charge is 2.14. The predicted octanol–water partition coefficient (Wildman–Crippen LogP) is 4.77. The zero-order chi connectivity index (χ0) is 15.9. The normalized spacial score (nSPS) is 12.6. The summed E-state index contributed by atoms with van der Waals surface area (Å²) in [5, 5.41) is 3.52. The largest absolute Gasteiger partial charge is 0.435 e. The van der Waals surface area contributed by atoms with E-state index in [0.29, 0.717) is 12.5 Å². The first kappa shape index (κ1) is 16.4. The van der Waals surface area contributed by atoms with Gasteiger partial charge in [-0.15, -0.1) is 0 Å². The number of halogens is 2. The number of benzene rings is 2. The van der Waals surface area contributed by atoms with Crippen molar-refractivity contribution >= 4 is 0 Å². The minimum Gasteiger partial charge on any atom is -0.435 e. The van der Waals surface area contributed by atoms with Crippen molar-refractivity contribution in [2.24, 2.45) is 5.92 Å². The van der Waals surface area contributed by atoms with Crippen molar-refractivity contribution in [3.8, 4) is 5.75 Å². The Hall–Kier alpha value is -1.94. The summed E-state index contributed by atoms with van der Waals surface area (Å²) in [6.07, 6.45) is 0. The Morgan fingerprint density at radius 2 is 1.59 bits per heavy atom. The highest BCUT2D eigenvalue weighted by Crippen LogP contribution is 2.22. The molecule has 4 heteroatoms. The van der Waals surface area contributed by atoms with Crippen molar-refractivity contribution in [2.75, 3.05) is 0 Å². The minimum atomic E-state index is -2.78. The number of ether oxygens (including phenoxy) is 1. The lowest BCUT2D eigenvalue weighted by molar-refractivity contribution is -0.0498. The fourth-order valence-corrected chi connectivity index (χ4v) is 2.42. The average molecular weight is 305 g/mol. The maximum atomic E-state index is 12.1. The SMILES string of the molecule is CC(C)C(NCc1ccc(OC(F)F)cc1)c1ccccc1. The van der Waals surface area contributed by atoms with Crippen molar-refractivity contribution in [2.45, 2.75) is 33.0 Å². The average Bonchev–Trinajstić information content (AvgIpc) is 2.49. The molecule has 2 rings (SSSR count). The highest BCUT2D eigenvalue weighted by molar-refractivity contribution is 5.27. The van der Waals surface area contributed by atoms with Gasteiger partial charge < -0.3 is 10.1 Å². The smallest absolute Gasteiger partial charge is 0.387 e. The first-order valence-electron chi connectivity index (χ1n) is 7.38. The molecule has 0 saturated carbocycles. The van der Waals surface area contributed by atoms with Gasteiger partial charge in [-0.05, 0) is 29.2 Å². The van der Waals surface area contributed by atoms with Gasteiger partial charge in [0.05, 0.1) is 0 Å². The Bertz CT molecular complexity index is 555. The topological polar surface area (TPSA) is 21.3 Å². The van der Waals surface area contributed by atoms with Gasteiger partial charge in [-0.2, -0.15) is 8.78 Å². The summed E-state index contributed by atoms with van der Waals surface area (Å²) in [6, 6.07) is 17.3. The lowest BCUT2D eigenvalue weighted by Crippen LogP contribution is -2.25.